The molecule has 0 saturated carbocycles. The van der Waals surface area contributed by atoms with E-state index in [-0.39, 0.29) is 36.8 Å². The van der Waals surface area contributed by atoms with E-state index in [1.165, 1.54) is 0 Å². The predicted octanol–water partition coefficient (Wildman–Crippen LogP) is -0.323. The summed E-state index contributed by atoms with van der Waals surface area (Å²) < 4.78 is 0. The van der Waals surface area contributed by atoms with Crippen LogP contribution < -0.4 is 16.0 Å². The van der Waals surface area contributed by atoms with Crippen molar-refractivity contribution in [2.24, 2.45) is 0 Å². The Bertz CT molecular complexity index is 470. The van der Waals surface area contributed by atoms with E-state index in [1.54, 1.807) is 24.3 Å². The summed E-state index contributed by atoms with van der Waals surface area (Å²) in [6.45, 7) is 1.14. The number of hydrogen-bond acceptors (Lipinski definition) is 4. The first-order chi connectivity index (χ1) is 9.66. The van der Waals surface area contributed by atoms with Gasteiger partial charge in [0.15, 0.2) is 0 Å². The van der Waals surface area contributed by atoms with Gasteiger partial charge in [0.25, 0.3) is 5.91 Å². The lowest BCUT2D eigenvalue weighted by Gasteiger charge is -2.29. The van der Waals surface area contributed by atoms with Crippen molar-refractivity contribution in [3.8, 4) is 0 Å². The van der Waals surface area contributed by atoms with Crippen LogP contribution in [0, 0.1) is 0 Å². The van der Waals surface area contributed by atoms with E-state index in [1.807, 2.05) is 6.07 Å². The van der Waals surface area contributed by atoms with Crippen LogP contribution in [-0.4, -0.2) is 48.7 Å². The van der Waals surface area contributed by atoms with Gasteiger partial charge in [-0.05, 0) is 25.1 Å². The number of carbonyl (C=O) groups is 2. The molecule has 0 bridgehead atoms. The van der Waals surface area contributed by atoms with E-state index in [0.29, 0.717) is 18.5 Å². The molecular weight excluding hydrogens is 294 g/mol. The fourth-order valence-corrected chi connectivity index (χ4v) is 2.12. The highest BCUT2D eigenvalue weighted by molar-refractivity contribution is 5.96. The van der Waals surface area contributed by atoms with E-state index in [9.17, 15) is 14.7 Å². The summed E-state index contributed by atoms with van der Waals surface area (Å²) in [5, 5.41) is 18.0. The Morgan fingerprint density at radius 2 is 2.00 bits per heavy atom. The molecule has 2 atom stereocenters. The average Bonchev–Trinajstić information content (AvgIpc) is 2.48. The lowest BCUT2D eigenvalue weighted by molar-refractivity contribution is -0.121. The van der Waals surface area contributed by atoms with Gasteiger partial charge in [-0.3, -0.25) is 9.59 Å². The molecule has 1 saturated heterocycles. The van der Waals surface area contributed by atoms with Crippen molar-refractivity contribution in [1.82, 2.24) is 16.0 Å². The second-order valence-electron chi connectivity index (χ2n) is 4.78. The first kappa shape index (κ1) is 17.4. The number of benzene rings is 1. The highest BCUT2D eigenvalue weighted by atomic mass is 35.5. The molecule has 1 aromatic carbocycles. The van der Waals surface area contributed by atoms with Crippen molar-refractivity contribution < 1.29 is 14.7 Å². The van der Waals surface area contributed by atoms with Crippen molar-refractivity contribution in [2.75, 3.05) is 19.6 Å². The molecule has 0 spiro atoms. The maximum atomic E-state index is 11.8. The summed E-state index contributed by atoms with van der Waals surface area (Å²) in [6, 6.07) is 8.47. The molecule has 0 unspecified atom stereocenters. The summed E-state index contributed by atoms with van der Waals surface area (Å²) in [4.78, 5) is 23.5. The van der Waals surface area contributed by atoms with Crippen LogP contribution in [0.3, 0.4) is 0 Å². The number of hydrogen-bond donors (Lipinski definition) is 4. The highest BCUT2D eigenvalue weighted by Crippen LogP contribution is 2.03. The average molecular weight is 314 g/mol. The van der Waals surface area contributed by atoms with E-state index < -0.39 is 6.10 Å². The Balaban J connectivity index is 0.00000220. The standard InChI is InChI=1S/C14H19N3O3.ClH/c18-12-8-15-7-6-11(12)17-13(19)9-16-14(20)10-4-2-1-3-5-10;/h1-5,11-12,15,18H,6-9H2,(H,16,20)(H,17,19);1H/t11-,12-;/m1./s1. The molecule has 21 heavy (non-hydrogen) atoms. The van der Waals surface area contributed by atoms with E-state index >= 15 is 0 Å². The van der Waals surface area contributed by atoms with Gasteiger partial charge in [0, 0.05) is 12.1 Å². The van der Waals surface area contributed by atoms with Crippen LogP contribution in [0.15, 0.2) is 30.3 Å². The van der Waals surface area contributed by atoms with Gasteiger partial charge in [-0.25, -0.2) is 0 Å². The fraction of sp³-hybridized carbons (Fsp3) is 0.429. The van der Waals surface area contributed by atoms with Crippen molar-refractivity contribution in [2.45, 2.75) is 18.6 Å². The largest absolute Gasteiger partial charge is 0.390 e. The van der Waals surface area contributed by atoms with Crippen LogP contribution in [0.2, 0.25) is 0 Å². The molecule has 0 radical (unpaired) electrons. The number of piperidine rings is 1. The third-order valence-corrected chi connectivity index (χ3v) is 3.24. The molecule has 1 fully saturated rings. The third kappa shape index (κ3) is 5.34. The monoisotopic (exact) mass is 313 g/mol. The molecule has 0 aliphatic carbocycles. The quantitative estimate of drug-likeness (QED) is 0.613. The maximum absolute atomic E-state index is 11.8. The molecule has 1 aromatic rings. The minimum atomic E-state index is -0.586. The minimum Gasteiger partial charge on any atom is -0.390 e. The molecule has 116 valence electrons. The summed E-state index contributed by atoms with van der Waals surface area (Å²) in [5.41, 5.74) is 0.516. The minimum absolute atomic E-state index is 0. The zero-order valence-corrected chi connectivity index (χ0v) is 12.4. The van der Waals surface area contributed by atoms with E-state index in [0.717, 1.165) is 6.54 Å². The van der Waals surface area contributed by atoms with Crippen LogP contribution in [-0.2, 0) is 4.79 Å². The van der Waals surface area contributed by atoms with Crippen LogP contribution >= 0.6 is 12.4 Å². The van der Waals surface area contributed by atoms with Crippen molar-refractivity contribution in [3.63, 3.8) is 0 Å². The number of β-amino-alcohol motifs (C(OH)–C–C–N with tert-alkyl or cyclic N) is 1. The molecule has 2 rings (SSSR count). The molecule has 1 aliphatic heterocycles. The molecule has 2 amide bonds. The topological polar surface area (TPSA) is 90.5 Å². The summed E-state index contributed by atoms with van der Waals surface area (Å²) in [5.74, 6) is -0.577. The van der Waals surface area contributed by atoms with Crippen molar-refractivity contribution in [1.29, 1.82) is 0 Å². The van der Waals surface area contributed by atoms with Gasteiger partial charge in [-0.15, -0.1) is 12.4 Å². The molecule has 7 heteroatoms. The lowest BCUT2D eigenvalue weighted by atomic mass is 10.0. The number of rotatable bonds is 4. The SMILES string of the molecule is Cl.O=C(CNC(=O)c1ccccc1)N[C@@H]1CCNC[C@H]1O. The first-order valence-electron chi connectivity index (χ1n) is 6.68. The highest BCUT2D eigenvalue weighted by Gasteiger charge is 2.24. The zero-order chi connectivity index (χ0) is 14.4. The second kappa shape index (κ2) is 8.61. The Hall–Kier alpha value is -1.63. The Morgan fingerprint density at radius 3 is 2.67 bits per heavy atom. The van der Waals surface area contributed by atoms with Gasteiger partial charge in [0.1, 0.15) is 0 Å². The molecular formula is C14H20ClN3O3. The van der Waals surface area contributed by atoms with E-state index in [2.05, 4.69) is 16.0 Å². The normalized spacial score (nSPS) is 21.0. The smallest absolute Gasteiger partial charge is 0.251 e. The van der Waals surface area contributed by atoms with Crippen LogP contribution in [0.25, 0.3) is 0 Å². The van der Waals surface area contributed by atoms with Gasteiger partial charge in [-0.1, -0.05) is 18.2 Å². The van der Waals surface area contributed by atoms with Gasteiger partial charge in [-0.2, -0.15) is 0 Å². The Labute approximate surface area is 129 Å². The summed E-state index contributed by atoms with van der Waals surface area (Å²) in [7, 11) is 0. The number of amides is 2. The summed E-state index contributed by atoms with van der Waals surface area (Å²) in [6.07, 6.45) is 0.0945. The number of aliphatic hydroxyl groups is 1. The van der Waals surface area contributed by atoms with E-state index in [4.69, 9.17) is 0 Å². The second-order valence-corrected chi connectivity index (χ2v) is 4.78. The van der Waals surface area contributed by atoms with Crippen LogP contribution in [0.4, 0.5) is 0 Å². The van der Waals surface area contributed by atoms with Gasteiger partial charge < -0.3 is 21.1 Å². The van der Waals surface area contributed by atoms with Crippen LogP contribution in [0.1, 0.15) is 16.8 Å². The Kier molecular flexibility index (Phi) is 7.14. The molecule has 0 aromatic heterocycles. The Morgan fingerprint density at radius 1 is 1.29 bits per heavy atom. The lowest BCUT2D eigenvalue weighted by Crippen LogP contribution is -2.54. The van der Waals surface area contributed by atoms with Crippen molar-refractivity contribution in [3.05, 3.63) is 35.9 Å². The fourth-order valence-electron chi connectivity index (χ4n) is 2.12. The third-order valence-electron chi connectivity index (χ3n) is 3.24. The van der Waals surface area contributed by atoms with Gasteiger partial charge >= 0.3 is 0 Å². The maximum Gasteiger partial charge on any atom is 0.251 e. The van der Waals surface area contributed by atoms with Crippen molar-refractivity contribution >= 4 is 24.2 Å². The van der Waals surface area contributed by atoms with Gasteiger partial charge in [0.2, 0.25) is 5.91 Å². The number of nitrogens with one attached hydrogen (secondary N) is 3. The molecule has 4 N–H and O–H groups in total. The zero-order valence-electron chi connectivity index (χ0n) is 11.5. The molecule has 6 nitrogen and oxygen atoms in total. The molecule has 1 aliphatic rings. The number of halogens is 1. The van der Waals surface area contributed by atoms with Crippen LogP contribution in [0.5, 0.6) is 0 Å². The summed E-state index contributed by atoms with van der Waals surface area (Å²) >= 11 is 0. The first-order valence-corrected chi connectivity index (χ1v) is 6.68. The predicted molar refractivity (Wildman–Crippen MR) is 81.4 cm³/mol. The van der Waals surface area contributed by atoms with Gasteiger partial charge in [0.05, 0.1) is 18.7 Å². The number of carbonyl (C=O) groups excluding carboxylic acids is 2. The molecule has 1 heterocycles. The number of aliphatic hydroxyl groups excluding tert-OH is 1.